The molecule has 0 bridgehead atoms. The Labute approximate surface area is 120 Å². The fourth-order valence-corrected chi connectivity index (χ4v) is 3.90. The Kier molecular flexibility index (Phi) is 4.43. The maximum Gasteiger partial charge on any atom is 0.243 e. The van der Waals surface area contributed by atoms with Crippen molar-refractivity contribution in [2.45, 2.75) is 24.3 Å². The number of nitrogens with zero attached hydrogens (tertiary/aromatic N) is 3. The van der Waals surface area contributed by atoms with Crippen molar-refractivity contribution < 1.29 is 8.42 Å². The van der Waals surface area contributed by atoms with Crippen LogP contribution in [0, 0.1) is 11.3 Å². The maximum absolute atomic E-state index is 12.6. The summed E-state index contributed by atoms with van der Waals surface area (Å²) in [5.74, 6) is 0. The van der Waals surface area contributed by atoms with Crippen LogP contribution >= 0.6 is 0 Å². The van der Waals surface area contributed by atoms with Crippen LogP contribution in [0.4, 0.5) is 0 Å². The summed E-state index contributed by atoms with van der Waals surface area (Å²) in [6, 6.07) is 8.35. The zero-order chi connectivity index (χ0) is 14.8. The third kappa shape index (κ3) is 2.85. The van der Waals surface area contributed by atoms with Gasteiger partial charge in [-0.3, -0.25) is 0 Å². The molecular formula is C14H19N3O2S. The standard InChI is InChI=1S/C14H19N3O2S/c1-3-13-11-17(9-8-16(13)2)20(18,19)14-6-4-12(10-15)5-7-14/h4-7,13H,3,8-9,11H2,1-2H3. The van der Waals surface area contributed by atoms with Crippen molar-refractivity contribution in [3.63, 3.8) is 0 Å². The molecule has 0 N–H and O–H groups in total. The van der Waals surface area contributed by atoms with E-state index in [4.69, 9.17) is 5.26 Å². The number of likely N-dealkylation sites (N-methyl/N-ethyl adjacent to an activating group) is 1. The lowest BCUT2D eigenvalue weighted by molar-refractivity contribution is 0.144. The number of nitriles is 1. The lowest BCUT2D eigenvalue weighted by Crippen LogP contribution is -2.52. The molecule has 0 aromatic heterocycles. The Bertz CT molecular complexity index is 604. The van der Waals surface area contributed by atoms with Gasteiger partial charge in [-0.25, -0.2) is 8.42 Å². The molecule has 1 aliphatic rings. The van der Waals surface area contributed by atoms with Gasteiger partial charge in [-0.1, -0.05) is 6.92 Å². The highest BCUT2D eigenvalue weighted by atomic mass is 32.2. The fraction of sp³-hybridized carbons (Fsp3) is 0.500. The molecule has 0 aliphatic carbocycles. The molecule has 1 heterocycles. The molecule has 2 rings (SSSR count). The van der Waals surface area contributed by atoms with Crippen molar-refractivity contribution in [3.8, 4) is 6.07 Å². The minimum absolute atomic E-state index is 0.260. The van der Waals surface area contributed by atoms with Gasteiger partial charge in [0.05, 0.1) is 16.5 Å². The van der Waals surface area contributed by atoms with Crippen molar-refractivity contribution in [3.05, 3.63) is 29.8 Å². The van der Waals surface area contributed by atoms with E-state index in [1.807, 2.05) is 13.1 Å². The molecule has 108 valence electrons. The summed E-state index contributed by atoms with van der Waals surface area (Å²) < 4.78 is 26.7. The molecule has 1 aromatic rings. The molecule has 0 saturated carbocycles. The number of benzene rings is 1. The van der Waals surface area contributed by atoms with Gasteiger partial charge in [0.1, 0.15) is 0 Å². The third-order valence-corrected chi connectivity index (χ3v) is 5.71. The second kappa shape index (κ2) is 5.92. The zero-order valence-corrected chi connectivity index (χ0v) is 12.6. The van der Waals surface area contributed by atoms with Gasteiger partial charge in [0.15, 0.2) is 0 Å². The largest absolute Gasteiger partial charge is 0.301 e. The minimum Gasteiger partial charge on any atom is -0.301 e. The summed E-state index contributed by atoms with van der Waals surface area (Å²) in [5, 5.41) is 8.76. The van der Waals surface area contributed by atoms with Crippen LogP contribution in [0.5, 0.6) is 0 Å². The van der Waals surface area contributed by atoms with Gasteiger partial charge in [-0.05, 0) is 37.7 Å². The summed E-state index contributed by atoms with van der Waals surface area (Å²) in [5.41, 5.74) is 0.466. The molecule has 1 aromatic carbocycles. The maximum atomic E-state index is 12.6. The van der Waals surface area contributed by atoms with Crippen molar-refractivity contribution in [1.82, 2.24) is 9.21 Å². The summed E-state index contributed by atoms with van der Waals surface area (Å²) in [6.45, 7) is 3.84. The molecule has 0 spiro atoms. The van der Waals surface area contributed by atoms with E-state index in [1.54, 1.807) is 16.4 Å². The van der Waals surface area contributed by atoms with Gasteiger partial charge in [-0.15, -0.1) is 0 Å². The van der Waals surface area contributed by atoms with E-state index in [2.05, 4.69) is 11.8 Å². The smallest absolute Gasteiger partial charge is 0.243 e. The topological polar surface area (TPSA) is 64.4 Å². The molecule has 0 radical (unpaired) electrons. The minimum atomic E-state index is -3.46. The van der Waals surface area contributed by atoms with Crippen molar-refractivity contribution >= 4 is 10.0 Å². The lowest BCUT2D eigenvalue weighted by Gasteiger charge is -2.38. The van der Waals surface area contributed by atoms with Crippen LogP contribution in [0.3, 0.4) is 0 Å². The average molecular weight is 293 g/mol. The number of rotatable bonds is 3. The summed E-state index contributed by atoms with van der Waals surface area (Å²) in [6.07, 6.45) is 0.926. The normalized spacial score (nSPS) is 21.6. The molecular weight excluding hydrogens is 274 g/mol. The van der Waals surface area contributed by atoms with Crippen LogP contribution in [0.15, 0.2) is 29.2 Å². The summed E-state index contributed by atoms with van der Waals surface area (Å²) >= 11 is 0. The zero-order valence-electron chi connectivity index (χ0n) is 11.8. The van der Waals surface area contributed by atoms with E-state index < -0.39 is 10.0 Å². The average Bonchev–Trinajstić information content (AvgIpc) is 2.47. The molecule has 1 unspecified atom stereocenters. The van der Waals surface area contributed by atoms with E-state index >= 15 is 0 Å². The Balaban J connectivity index is 2.23. The van der Waals surface area contributed by atoms with Crippen molar-refractivity contribution in [1.29, 1.82) is 5.26 Å². The fourth-order valence-electron chi connectivity index (χ4n) is 2.43. The Morgan fingerprint density at radius 2 is 1.95 bits per heavy atom. The number of hydrogen-bond acceptors (Lipinski definition) is 4. The highest BCUT2D eigenvalue weighted by Crippen LogP contribution is 2.20. The molecule has 1 atom stereocenters. The highest BCUT2D eigenvalue weighted by molar-refractivity contribution is 7.89. The number of piperazine rings is 1. The van der Waals surface area contributed by atoms with Gasteiger partial charge in [-0.2, -0.15) is 9.57 Å². The van der Waals surface area contributed by atoms with Crippen LogP contribution < -0.4 is 0 Å². The van der Waals surface area contributed by atoms with Crippen LogP contribution in [-0.4, -0.2) is 50.3 Å². The van der Waals surface area contributed by atoms with Crippen LogP contribution in [0.1, 0.15) is 18.9 Å². The summed E-state index contributed by atoms with van der Waals surface area (Å²) in [4.78, 5) is 2.46. The number of sulfonamides is 1. The van der Waals surface area contributed by atoms with Crippen LogP contribution in [0.25, 0.3) is 0 Å². The molecule has 5 nitrogen and oxygen atoms in total. The Morgan fingerprint density at radius 1 is 1.30 bits per heavy atom. The van der Waals surface area contributed by atoms with E-state index in [1.165, 1.54) is 12.1 Å². The Hall–Kier alpha value is -1.42. The van der Waals surface area contributed by atoms with Gasteiger partial charge in [0, 0.05) is 25.7 Å². The van der Waals surface area contributed by atoms with E-state index in [9.17, 15) is 8.42 Å². The molecule has 1 fully saturated rings. The monoisotopic (exact) mass is 293 g/mol. The number of hydrogen-bond donors (Lipinski definition) is 0. The molecule has 1 aliphatic heterocycles. The first-order valence-electron chi connectivity index (χ1n) is 6.69. The van der Waals surface area contributed by atoms with Crippen molar-refractivity contribution in [2.75, 3.05) is 26.7 Å². The first kappa shape index (κ1) is 15.0. The molecule has 20 heavy (non-hydrogen) atoms. The van der Waals surface area contributed by atoms with E-state index in [0.29, 0.717) is 18.7 Å². The highest BCUT2D eigenvalue weighted by Gasteiger charge is 2.31. The summed E-state index contributed by atoms with van der Waals surface area (Å²) in [7, 11) is -1.43. The third-order valence-electron chi connectivity index (χ3n) is 3.83. The molecule has 1 saturated heterocycles. The first-order chi connectivity index (χ1) is 9.48. The SMILES string of the molecule is CCC1CN(S(=O)(=O)c2ccc(C#N)cc2)CCN1C. The van der Waals surface area contributed by atoms with Crippen LogP contribution in [0.2, 0.25) is 0 Å². The van der Waals surface area contributed by atoms with Crippen molar-refractivity contribution in [2.24, 2.45) is 0 Å². The second-order valence-corrected chi connectivity index (χ2v) is 6.98. The predicted octanol–water partition coefficient (Wildman–Crippen LogP) is 1.27. The van der Waals surface area contributed by atoms with E-state index in [-0.39, 0.29) is 10.9 Å². The lowest BCUT2D eigenvalue weighted by atomic mass is 10.1. The van der Waals surface area contributed by atoms with Gasteiger partial charge in [0.25, 0.3) is 0 Å². The predicted molar refractivity (Wildman–Crippen MR) is 76.6 cm³/mol. The first-order valence-corrected chi connectivity index (χ1v) is 8.13. The van der Waals surface area contributed by atoms with E-state index in [0.717, 1.165) is 13.0 Å². The second-order valence-electron chi connectivity index (χ2n) is 5.04. The Morgan fingerprint density at radius 3 is 2.50 bits per heavy atom. The quantitative estimate of drug-likeness (QED) is 0.842. The van der Waals surface area contributed by atoms with Crippen LogP contribution in [-0.2, 0) is 10.0 Å². The molecule has 6 heteroatoms. The van der Waals surface area contributed by atoms with Gasteiger partial charge >= 0.3 is 0 Å². The molecule has 0 amide bonds. The van der Waals surface area contributed by atoms with Gasteiger partial charge < -0.3 is 4.90 Å². The van der Waals surface area contributed by atoms with Gasteiger partial charge in [0.2, 0.25) is 10.0 Å².